The second kappa shape index (κ2) is 25.1. The first kappa shape index (κ1) is 75.2. The minimum atomic E-state index is -0.0396. The summed E-state index contributed by atoms with van der Waals surface area (Å²) in [6.45, 7) is 52.8. The van der Waals surface area contributed by atoms with Gasteiger partial charge in [0.2, 0.25) is 0 Å². The first-order chi connectivity index (χ1) is 52.1. The number of anilines is 8. The van der Waals surface area contributed by atoms with Crippen molar-refractivity contribution in [1.82, 2.24) is 0 Å². The van der Waals surface area contributed by atoms with E-state index in [2.05, 4.69) is 443 Å². The standard InChI is InChI=1S/3C28H31N.C23H25N/c1-26(2)20-13-9-8-12-18(20)19-16-25-23(17-22(19)26)28(5,6)27(3,4)21-14-10-11-15-24(21)29(25)7;1-26(2)20-13-9-8-12-18(20)19-16-17-22-25(24(19)26)29(7)23-15-11-10-14-21(23)27(3,4)28(22,5)6;1-26(2)19-13-9-8-12-18(19)24-21(26)16-17-23-25(24)28(5,6)27(3,4)20-14-10-11-15-22(20)29(23)7;1-22(2)18-12-8-9-13-20(18)24(5)21-17-11-7-6-10-16(17)14-15-19(21)23(22,3)4/h3*8-17H,1-7H3;6-15H,1-5H3. The average Bonchev–Trinajstić information content (AvgIpc) is 1.58. The van der Waals surface area contributed by atoms with E-state index in [1.165, 1.54) is 168 Å². The molecule has 0 fully saturated rings. The van der Waals surface area contributed by atoms with Gasteiger partial charge >= 0.3 is 0 Å². The maximum absolute atomic E-state index is 2.52. The monoisotopic (exact) mass is 1460 g/mol. The zero-order valence-corrected chi connectivity index (χ0v) is 71.4. The summed E-state index contributed by atoms with van der Waals surface area (Å²) in [6, 6.07) is 90.4. The molecular weight excluding hydrogens is 1340 g/mol. The molecule has 0 N–H and O–H groups in total. The van der Waals surface area contributed by atoms with E-state index in [-0.39, 0.29) is 59.6 Å². The lowest BCUT2D eigenvalue weighted by atomic mass is 9.59. The minimum absolute atomic E-state index is 0.00688. The predicted molar refractivity (Wildman–Crippen MR) is 478 cm³/mol. The Labute approximate surface area is 665 Å². The molecule has 12 aromatic carbocycles. The highest BCUT2D eigenvalue weighted by molar-refractivity contribution is 6.00. The van der Waals surface area contributed by atoms with E-state index in [0.717, 1.165) is 0 Å². The van der Waals surface area contributed by atoms with Gasteiger partial charge in [-0.15, -0.1) is 0 Å². The molecule has 0 bridgehead atoms. The van der Waals surface area contributed by atoms with Gasteiger partial charge in [-0.25, -0.2) is 0 Å². The van der Waals surface area contributed by atoms with Crippen LogP contribution >= 0.6 is 0 Å². The molecular formula is C107H118N4. The van der Waals surface area contributed by atoms with E-state index >= 15 is 0 Å². The maximum atomic E-state index is 2.52. The molecule has 4 aliphatic heterocycles. The molecule has 111 heavy (non-hydrogen) atoms. The van der Waals surface area contributed by atoms with Gasteiger partial charge in [0.25, 0.3) is 0 Å². The van der Waals surface area contributed by atoms with Crippen LogP contribution in [0.15, 0.2) is 243 Å². The van der Waals surface area contributed by atoms with Gasteiger partial charge in [0.1, 0.15) is 0 Å². The van der Waals surface area contributed by atoms with Crippen LogP contribution in [0.3, 0.4) is 0 Å². The van der Waals surface area contributed by atoms with Crippen LogP contribution < -0.4 is 19.6 Å². The Morgan fingerprint density at radius 2 is 0.532 bits per heavy atom. The Bertz CT molecular complexity index is 5740. The predicted octanol–water partition coefficient (Wildman–Crippen LogP) is 28.2. The Kier molecular flexibility index (Phi) is 17.0. The van der Waals surface area contributed by atoms with E-state index < -0.39 is 0 Å². The van der Waals surface area contributed by atoms with Gasteiger partial charge in [0, 0.05) is 133 Å². The summed E-state index contributed by atoms with van der Waals surface area (Å²) in [5.74, 6) is 0. The van der Waals surface area contributed by atoms with E-state index in [1.54, 1.807) is 0 Å². The largest absolute Gasteiger partial charge is 0.344 e. The summed E-state index contributed by atoms with van der Waals surface area (Å²) < 4.78 is 0. The number of hydrogen-bond donors (Lipinski definition) is 0. The molecule has 0 saturated carbocycles. The molecule has 0 aromatic heterocycles. The highest BCUT2D eigenvalue weighted by atomic mass is 15.1. The van der Waals surface area contributed by atoms with Crippen LogP contribution in [0.25, 0.3) is 44.2 Å². The Morgan fingerprint density at radius 1 is 0.189 bits per heavy atom. The quantitative estimate of drug-likeness (QED) is 0.150. The van der Waals surface area contributed by atoms with Crippen molar-refractivity contribution in [2.45, 2.75) is 212 Å². The molecule has 0 radical (unpaired) electrons. The second-order valence-electron chi connectivity index (χ2n) is 39.2. The van der Waals surface area contributed by atoms with Crippen LogP contribution in [0, 0.1) is 0 Å². The second-order valence-corrected chi connectivity index (χ2v) is 39.2. The third-order valence-corrected chi connectivity index (χ3v) is 31.1. The number of nitrogens with zero attached hydrogens (tertiary/aromatic N) is 4. The molecule has 566 valence electrons. The summed E-state index contributed by atoms with van der Waals surface area (Å²) in [4.78, 5) is 9.68. The normalized spacial score (nSPS) is 19.3. The Morgan fingerprint density at radius 3 is 1.05 bits per heavy atom. The molecule has 0 saturated heterocycles. The maximum Gasteiger partial charge on any atom is 0.0526 e. The first-order valence-corrected chi connectivity index (χ1v) is 40.8. The molecule has 0 spiro atoms. The Hall–Kier alpha value is -9.90. The SMILES string of the molecule is CN1c2ccccc2C(C)(C)C(C)(C)c2c1ccc1c2-c2ccccc2C1(C)C.CN1c2ccccc2C(C)(C)C(C)(C)c2cc3c(cc21)-c1ccccc1C3(C)C.CN1c2ccccc2C(C)(C)C(C)(C)c2ccc3c(c21)C(C)(C)c1ccccc1-3.CN1c2ccccc2C(C)(C)C(C)(C)c2ccc3ccccc3c21. The molecule has 0 amide bonds. The topological polar surface area (TPSA) is 13.0 Å². The first-order valence-electron chi connectivity index (χ1n) is 40.8. The summed E-state index contributed by atoms with van der Waals surface area (Å²) in [6.07, 6.45) is 0. The molecule has 3 aliphatic carbocycles. The van der Waals surface area contributed by atoms with Crippen LogP contribution in [0.5, 0.6) is 0 Å². The highest BCUT2D eigenvalue weighted by Crippen LogP contribution is 2.65. The van der Waals surface area contributed by atoms with Crippen molar-refractivity contribution in [3.05, 3.63) is 321 Å². The summed E-state index contributed by atoms with van der Waals surface area (Å²) in [5.41, 5.74) is 39.3. The average molecular weight is 1460 g/mol. The fourth-order valence-corrected chi connectivity index (χ4v) is 21.4. The molecule has 4 heterocycles. The minimum Gasteiger partial charge on any atom is -0.344 e. The van der Waals surface area contributed by atoms with Gasteiger partial charge in [-0.05, 0) is 153 Å². The van der Waals surface area contributed by atoms with Crippen LogP contribution in [-0.4, -0.2) is 28.2 Å². The van der Waals surface area contributed by atoms with Crippen molar-refractivity contribution in [1.29, 1.82) is 0 Å². The van der Waals surface area contributed by atoms with E-state index in [0.29, 0.717) is 0 Å². The molecule has 0 atom stereocenters. The zero-order chi connectivity index (χ0) is 79.4. The highest BCUT2D eigenvalue weighted by Gasteiger charge is 2.53. The van der Waals surface area contributed by atoms with Crippen LogP contribution in [-0.2, 0) is 59.6 Å². The number of para-hydroxylation sites is 4. The fraction of sp³-hybridized carbons (Fsp3) is 0.346. The van der Waals surface area contributed by atoms with Gasteiger partial charge in [-0.1, -0.05) is 359 Å². The van der Waals surface area contributed by atoms with E-state index in [1.807, 2.05) is 0 Å². The molecule has 19 rings (SSSR count). The third kappa shape index (κ3) is 10.3. The van der Waals surface area contributed by atoms with Gasteiger partial charge in [-0.3, -0.25) is 0 Å². The lowest BCUT2D eigenvalue weighted by Crippen LogP contribution is -2.40. The summed E-state index contributed by atoms with van der Waals surface area (Å²) in [7, 11) is 8.93. The van der Waals surface area contributed by atoms with Crippen molar-refractivity contribution < 1.29 is 0 Å². The molecule has 7 aliphatic rings. The number of benzene rings is 12. The summed E-state index contributed by atoms with van der Waals surface area (Å²) in [5, 5.41) is 2.63. The van der Waals surface area contributed by atoms with Crippen LogP contribution in [0.2, 0.25) is 0 Å². The van der Waals surface area contributed by atoms with Gasteiger partial charge in [0.15, 0.2) is 0 Å². The van der Waals surface area contributed by atoms with Gasteiger partial charge in [0.05, 0.1) is 5.69 Å². The lowest BCUT2D eigenvalue weighted by Gasteiger charge is -2.43. The molecule has 4 nitrogen and oxygen atoms in total. The van der Waals surface area contributed by atoms with Crippen molar-refractivity contribution in [3.63, 3.8) is 0 Å². The van der Waals surface area contributed by atoms with E-state index in [4.69, 9.17) is 0 Å². The van der Waals surface area contributed by atoms with Crippen molar-refractivity contribution >= 4 is 56.3 Å². The van der Waals surface area contributed by atoms with Crippen LogP contribution in [0.4, 0.5) is 45.5 Å². The van der Waals surface area contributed by atoms with Crippen molar-refractivity contribution in [3.8, 4) is 33.4 Å². The number of hydrogen-bond acceptors (Lipinski definition) is 4. The molecule has 4 heteroatoms. The fourth-order valence-electron chi connectivity index (χ4n) is 21.4. The Balaban J connectivity index is 0.000000112. The number of fused-ring (bicyclic) bond motifs is 21. The van der Waals surface area contributed by atoms with Gasteiger partial charge < -0.3 is 19.6 Å². The van der Waals surface area contributed by atoms with Crippen LogP contribution in [0.1, 0.15) is 230 Å². The third-order valence-electron chi connectivity index (χ3n) is 31.1. The van der Waals surface area contributed by atoms with Crippen molar-refractivity contribution in [2.24, 2.45) is 0 Å². The molecule has 0 unspecified atom stereocenters. The van der Waals surface area contributed by atoms with Gasteiger partial charge in [-0.2, -0.15) is 0 Å². The molecule has 12 aromatic rings. The summed E-state index contributed by atoms with van der Waals surface area (Å²) >= 11 is 0. The smallest absolute Gasteiger partial charge is 0.0526 e. The zero-order valence-electron chi connectivity index (χ0n) is 71.4. The van der Waals surface area contributed by atoms with E-state index in [9.17, 15) is 0 Å². The van der Waals surface area contributed by atoms with Crippen molar-refractivity contribution in [2.75, 3.05) is 47.8 Å². The lowest BCUT2D eigenvalue weighted by molar-refractivity contribution is 0.306. The number of rotatable bonds is 0.